The molecule has 0 aromatic heterocycles. The number of hydrogen-bond donors (Lipinski definition) is 0. The van der Waals surface area contributed by atoms with Crippen molar-refractivity contribution in [1.29, 1.82) is 0 Å². The first-order valence-electron chi connectivity index (χ1n) is 4.13. The van der Waals surface area contributed by atoms with E-state index in [2.05, 4.69) is 6.92 Å². The van der Waals surface area contributed by atoms with E-state index in [1.807, 2.05) is 0 Å². The van der Waals surface area contributed by atoms with Gasteiger partial charge < -0.3 is 9.47 Å². The van der Waals surface area contributed by atoms with Gasteiger partial charge in [-0.1, -0.05) is 6.92 Å². The predicted octanol–water partition coefficient (Wildman–Crippen LogP) is 1.59. The lowest BCUT2D eigenvalue weighted by atomic mass is 10.2. The molecule has 0 aromatic carbocycles. The van der Waals surface area contributed by atoms with Gasteiger partial charge >= 0.3 is 0 Å². The molecule has 60 valence electrons. The fraction of sp³-hybridized carbons (Fsp3) is 1.00. The topological polar surface area (TPSA) is 18.5 Å². The summed E-state index contributed by atoms with van der Waals surface area (Å²) < 4.78 is 10.7. The summed E-state index contributed by atoms with van der Waals surface area (Å²) >= 11 is 0. The molecular weight excluding hydrogens is 128 g/mol. The third-order valence-corrected chi connectivity index (χ3v) is 1.68. The van der Waals surface area contributed by atoms with Gasteiger partial charge in [-0.2, -0.15) is 0 Å². The first-order valence-corrected chi connectivity index (χ1v) is 4.13. The maximum atomic E-state index is 5.37. The van der Waals surface area contributed by atoms with Crippen molar-refractivity contribution >= 4 is 0 Å². The maximum Gasteiger partial charge on any atom is 0.0809 e. The number of rotatable bonds is 4. The van der Waals surface area contributed by atoms with Crippen molar-refractivity contribution in [2.75, 3.05) is 19.8 Å². The van der Waals surface area contributed by atoms with E-state index in [4.69, 9.17) is 9.47 Å². The summed E-state index contributed by atoms with van der Waals surface area (Å²) in [5.74, 6) is 0. The molecule has 10 heavy (non-hydrogen) atoms. The molecule has 2 heteroatoms. The SMILES string of the molecule is CCCOCC1CCCO1. The Bertz CT molecular complexity index is 77.3. The Morgan fingerprint density at radius 2 is 2.50 bits per heavy atom. The van der Waals surface area contributed by atoms with E-state index in [-0.39, 0.29) is 0 Å². The van der Waals surface area contributed by atoms with Crippen molar-refractivity contribution in [2.24, 2.45) is 0 Å². The Hall–Kier alpha value is -0.0800. The molecule has 1 atom stereocenters. The lowest BCUT2D eigenvalue weighted by molar-refractivity contribution is 0.0175. The highest BCUT2D eigenvalue weighted by Crippen LogP contribution is 2.11. The van der Waals surface area contributed by atoms with Crippen molar-refractivity contribution < 1.29 is 9.47 Å². The van der Waals surface area contributed by atoms with Crippen LogP contribution in [0.2, 0.25) is 0 Å². The van der Waals surface area contributed by atoms with Gasteiger partial charge in [-0.15, -0.1) is 0 Å². The minimum absolute atomic E-state index is 0.395. The Balaban J connectivity index is 1.91. The molecule has 1 rings (SSSR count). The van der Waals surface area contributed by atoms with Crippen LogP contribution in [0.25, 0.3) is 0 Å². The molecule has 0 spiro atoms. The molecule has 0 aliphatic carbocycles. The van der Waals surface area contributed by atoms with Gasteiger partial charge in [-0.3, -0.25) is 0 Å². The summed E-state index contributed by atoms with van der Waals surface area (Å²) in [6.45, 7) is 4.73. The van der Waals surface area contributed by atoms with Gasteiger partial charge in [0.05, 0.1) is 12.7 Å². The van der Waals surface area contributed by atoms with Gasteiger partial charge in [-0.05, 0) is 19.3 Å². The number of hydrogen-bond acceptors (Lipinski definition) is 2. The van der Waals surface area contributed by atoms with E-state index in [1.54, 1.807) is 0 Å². The second-order valence-electron chi connectivity index (χ2n) is 2.71. The average Bonchev–Trinajstić information content (AvgIpc) is 2.41. The van der Waals surface area contributed by atoms with Gasteiger partial charge in [0.25, 0.3) is 0 Å². The summed E-state index contributed by atoms with van der Waals surface area (Å²) in [5, 5.41) is 0. The first-order chi connectivity index (χ1) is 4.93. The summed E-state index contributed by atoms with van der Waals surface area (Å²) in [5.41, 5.74) is 0. The minimum Gasteiger partial charge on any atom is -0.379 e. The zero-order valence-corrected chi connectivity index (χ0v) is 6.64. The number of ether oxygens (including phenoxy) is 2. The normalized spacial score (nSPS) is 25.5. The van der Waals surface area contributed by atoms with E-state index in [1.165, 1.54) is 12.8 Å². The second-order valence-corrected chi connectivity index (χ2v) is 2.71. The quantitative estimate of drug-likeness (QED) is 0.558. The van der Waals surface area contributed by atoms with Crippen LogP contribution in [0.1, 0.15) is 26.2 Å². The molecule has 1 aliphatic rings. The molecule has 1 saturated heterocycles. The van der Waals surface area contributed by atoms with Crippen molar-refractivity contribution in [3.63, 3.8) is 0 Å². The standard InChI is InChI=1S/C8H16O2/c1-2-5-9-7-8-4-3-6-10-8/h8H,2-7H2,1H3. The highest BCUT2D eigenvalue weighted by Gasteiger charge is 2.14. The Labute approximate surface area is 62.5 Å². The molecule has 1 aliphatic heterocycles. The van der Waals surface area contributed by atoms with Crippen LogP contribution in [0, 0.1) is 0 Å². The third kappa shape index (κ3) is 2.67. The van der Waals surface area contributed by atoms with Crippen molar-refractivity contribution in [2.45, 2.75) is 32.3 Å². The van der Waals surface area contributed by atoms with Crippen LogP contribution in [-0.4, -0.2) is 25.9 Å². The fourth-order valence-electron chi connectivity index (χ4n) is 1.13. The largest absolute Gasteiger partial charge is 0.379 e. The third-order valence-electron chi connectivity index (χ3n) is 1.68. The molecule has 1 fully saturated rings. The Kier molecular flexibility index (Phi) is 3.76. The molecule has 0 saturated carbocycles. The zero-order valence-electron chi connectivity index (χ0n) is 6.64. The van der Waals surface area contributed by atoms with Crippen LogP contribution in [0.5, 0.6) is 0 Å². The average molecular weight is 144 g/mol. The summed E-state index contributed by atoms with van der Waals surface area (Å²) in [7, 11) is 0. The first kappa shape index (κ1) is 8.02. The van der Waals surface area contributed by atoms with E-state index in [9.17, 15) is 0 Å². The van der Waals surface area contributed by atoms with Gasteiger partial charge in [-0.25, -0.2) is 0 Å². The molecule has 0 N–H and O–H groups in total. The Morgan fingerprint density at radius 3 is 3.10 bits per heavy atom. The van der Waals surface area contributed by atoms with Gasteiger partial charge in [0.2, 0.25) is 0 Å². The highest BCUT2D eigenvalue weighted by molar-refractivity contribution is 4.62. The lowest BCUT2D eigenvalue weighted by Crippen LogP contribution is -2.14. The highest BCUT2D eigenvalue weighted by atomic mass is 16.5. The molecule has 0 amide bonds. The molecular formula is C8H16O2. The van der Waals surface area contributed by atoms with E-state index in [0.29, 0.717) is 6.10 Å². The van der Waals surface area contributed by atoms with Crippen LogP contribution >= 0.6 is 0 Å². The van der Waals surface area contributed by atoms with Crippen LogP contribution in [0.4, 0.5) is 0 Å². The monoisotopic (exact) mass is 144 g/mol. The van der Waals surface area contributed by atoms with Gasteiger partial charge in [0.1, 0.15) is 0 Å². The summed E-state index contributed by atoms with van der Waals surface area (Å²) in [6, 6.07) is 0. The van der Waals surface area contributed by atoms with Gasteiger partial charge in [0, 0.05) is 13.2 Å². The predicted molar refractivity (Wildman–Crippen MR) is 40.1 cm³/mol. The second kappa shape index (κ2) is 4.69. The van der Waals surface area contributed by atoms with Crippen LogP contribution < -0.4 is 0 Å². The van der Waals surface area contributed by atoms with E-state index < -0.39 is 0 Å². The van der Waals surface area contributed by atoms with E-state index in [0.717, 1.165) is 26.2 Å². The van der Waals surface area contributed by atoms with Crippen LogP contribution in [0.3, 0.4) is 0 Å². The maximum absolute atomic E-state index is 5.37. The van der Waals surface area contributed by atoms with Crippen molar-refractivity contribution in [3.8, 4) is 0 Å². The van der Waals surface area contributed by atoms with Crippen LogP contribution in [-0.2, 0) is 9.47 Å². The molecule has 1 heterocycles. The fourth-order valence-corrected chi connectivity index (χ4v) is 1.13. The lowest BCUT2D eigenvalue weighted by Gasteiger charge is -2.08. The van der Waals surface area contributed by atoms with E-state index >= 15 is 0 Å². The Morgan fingerprint density at radius 1 is 1.60 bits per heavy atom. The summed E-state index contributed by atoms with van der Waals surface area (Å²) in [4.78, 5) is 0. The van der Waals surface area contributed by atoms with Gasteiger partial charge in [0.15, 0.2) is 0 Å². The van der Waals surface area contributed by atoms with Crippen molar-refractivity contribution in [3.05, 3.63) is 0 Å². The smallest absolute Gasteiger partial charge is 0.0809 e. The molecule has 0 aromatic rings. The van der Waals surface area contributed by atoms with Crippen molar-refractivity contribution in [1.82, 2.24) is 0 Å². The molecule has 2 nitrogen and oxygen atoms in total. The molecule has 0 radical (unpaired) electrons. The summed E-state index contributed by atoms with van der Waals surface area (Å²) in [6.07, 6.45) is 3.89. The van der Waals surface area contributed by atoms with Crippen LogP contribution in [0.15, 0.2) is 0 Å². The molecule has 1 unspecified atom stereocenters. The zero-order chi connectivity index (χ0) is 7.23. The molecule has 0 bridgehead atoms. The minimum atomic E-state index is 0.395.